The molecule has 0 spiro atoms. The molecule has 1 aliphatic heterocycles. The summed E-state index contributed by atoms with van der Waals surface area (Å²) in [4.78, 5) is 12.0. The van der Waals surface area contributed by atoms with Crippen LogP contribution in [0.2, 0.25) is 5.02 Å². The Morgan fingerprint density at radius 1 is 0.921 bits per heavy atom. The molecule has 0 saturated heterocycles. The number of fused-ring (bicyclic) bond motifs is 2. The van der Waals surface area contributed by atoms with Gasteiger partial charge in [0.2, 0.25) is 0 Å². The predicted octanol–water partition coefficient (Wildman–Crippen LogP) is 9.15. The Morgan fingerprint density at radius 3 is 2.29 bits per heavy atom. The van der Waals surface area contributed by atoms with Gasteiger partial charge in [-0.1, -0.05) is 69.6 Å². The summed E-state index contributed by atoms with van der Waals surface area (Å²) in [6.07, 6.45) is 1.52. The molecule has 0 unspecified atom stereocenters. The van der Waals surface area contributed by atoms with E-state index in [1.54, 1.807) is 0 Å². The second-order valence-electron chi connectivity index (χ2n) is 9.66. The fourth-order valence-corrected chi connectivity index (χ4v) is 4.24. The number of hydrogen-bond acceptors (Lipinski definition) is 4. The van der Waals surface area contributed by atoms with Crippen molar-refractivity contribution in [3.63, 3.8) is 0 Å². The van der Waals surface area contributed by atoms with E-state index < -0.39 is 11.7 Å². The van der Waals surface area contributed by atoms with Gasteiger partial charge in [0.25, 0.3) is 0 Å². The number of alkyl carbamates (subject to hydrolysis) is 1. The van der Waals surface area contributed by atoms with Gasteiger partial charge in [0.05, 0.1) is 0 Å². The molecule has 0 atom stereocenters. The van der Waals surface area contributed by atoms with Crippen LogP contribution in [0.25, 0.3) is 11.1 Å². The highest BCUT2D eigenvalue weighted by Gasteiger charge is 2.18. The summed E-state index contributed by atoms with van der Waals surface area (Å²) in [5, 5.41) is 10.7. The zero-order valence-electron chi connectivity index (χ0n) is 24.2. The van der Waals surface area contributed by atoms with Gasteiger partial charge < -0.3 is 20.7 Å². The Morgan fingerprint density at radius 2 is 1.61 bits per heavy atom. The van der Waals surface area contributed by atoms with Crippen molar-refractivity contribution in [1.82, 2.24) is 5.32 Å². The molecule has 5 nitrogen and oxygen atoms in total. The van der Waals surface area contributed by atoms with Gasteiger partial charge in [-0.3, -0.25) is 0 Å². The van der Waals surface area contributed by atoms with Crippen molar-refractivity contribution in [2.45, 2.75) is 73.8 Å². The minimum absolute atomic E-state index is 0.417. The maximum Gasteiger partial charge on any atom is 0.407 e. The first-order valence-corrected chi connectivity index (χ1v) is 14.1. The average molecular weight is 538 g/mol. The van der Waals surface area contributed by atoms with E-state index in [0.717, 1.165) is 51.6 Å². The van der Waals surface area contributed by atoms with Crippen molar-refractivity contribution >= 4 is 34.8 Å². The van der Waals surface area contributed by atoms with Gasteiger partial charge in [0.1, 0.15) is 5.60 Å². The topological polar surface area (TPSA) is 62.4 Å². The molecular weight excluding hydrogens is 494 g/mol. The van der Waals surface area contributed by atoms with E-state index in [-0.39, 0.29) is 0 Å². The number of aryl methyl sites for hydroxylation is 3. The summed E-state index contributed by atoms with van der Waals surface area (Å²) in [5.74, 6) is 0. The SMILES string of the molecule is CC.CC.Cc1ccc(-c2cc3c(cc2NCCNC(=O)OC(C)(C)C)Nc2ccccc2CC3)cc1Cl. The number of benzene rings is 3. The molecule has 38 heavy (non-hydrogen) atoms. The Kier molecular flexibility index (Phi) is 12.0. The molecule has 0 bridgehead atoms. The molecular formula is C32H44ClN3O2. The summed E-state index contributed by atoms with van der Waals surface area (Å²) in [6.45, 7) is 16.6. The molecule has 6 heteroatoms. The molecule has 206 valence electrons. The Balaban J connectivity index is 0.00000121. The van der Waals surface area contributed by atoms with Crippen molar-refractivity contribution in [2.24, 2.45) is 0 Å². The third kappa shape index (κ3) is 8.70. The lowest BCUT2D eigenvalue weighted by molar-refractivity contribution is 0.0530. The molecule has 0 radical (unpaired) electrons. The quantitative estimate of drug-likeness (QED) is 0.284. The smallest absolute Gasteiger partial charge is 0.407 e. The lowest BCUT2D eigenvalue weighted by Crippen LogP contribution is -2.35. The number of ether oxygens (including phenoxy) is 1. The molecule has 3 N–H and O–H groups in total. The Bertz CT molecular complexity index is 1200. The molecule has 0 saturated carbocycles. The number of nitrogens with one attached hydrogen (secondary N) is 3. The number of anilines is 3. The van der Waals surface area contributed by atoms with Gasteiger partial charge >= 0.3 is 6.09 Å². The first-order valence-electron chi connectivity index (χ1n) is 13.7. The van der Waals surface area contributed by atoms with E-state index in [2.05, 4.69) is 58.4 Å². The minimum atomic E-state index is -0.519. The number of carbonyl (C=O) groups excluding carboxylic acids is 1. The maximum absolute atomic E-state index is 12.0. The molecule has 1 amide bonds. The van der Waals surface area contributed by atoms with E-state index in [0.29, 0.717) is 13.1 Å². The maximum atomic E-state index is 12.0. The lowest BCUT2D eigenvalue weighted by atomic mass is 9.96. The van der Waals surface area contributed by atoms with E-state index in [1.807, 2.05) is 67.5 Å². The molecule has 1 heterocycles. The average Bonchev–Trinajstić information content (AvgIpc) is 3.08. The van der Waals surface area contributed by atoms with Crippen molar-refractivity contribution < 1.29 is 9.53 Å². The fraction of sp³-hybridized carbons (Fsp3) is 0.406. The second-order valence-corrected chi connectivity index (χ2v) is 10.1. The van der Waals surface area contributed by atoms with Crippen LogP contribution in [0, 0.1) is 6.92 Å². The van der Waals surface area contributed by atoms with Gasteiger partial charge in [-0.05, 0) is 87.1 Å². The molecule has 3 aromatic carbocycles. The van der Waals surface area contributed by atoms with Gasteiger partial charge in [0.15, 0.2) is 0 Å². The number of amides is 1. The standard InChI is InChI=1S/C28H32ClN3O2.2C2H6/c1-18-9-10-20(16-23(18)29)22-15-21-12-11-19-7-5-6-8-24(19)32-25(21)17-26(22)30-13-14-31-27(33)34-28(2,3)4;2*1-2/h5-10,15-17,30,32H,11-14H2,1-4H3,(H,31,33);2*1-2H3. The molecule has 4 rings (SSSR count). The zero-order chi connectivity index (χ0) is 28.3. The number of para-hydroxylation sites is 1. The fourth-order valence-electron chi connectivity index (χ4n) is 4.06. The van der Waals surface area contributed by atoms with Gasteiger partial charge in [-0.15, -0.1) is 0 Å². The van der Waals surface area contributed by atoms with E-state index >= 15 is 0 Å². The van der Waals surface area contributed by atoms with Crippen LogP contribution in [0.4, 0.5) is 21.9 Å². The Labute approximate surface area is 234 Å². The van der Waals surface area contributed by atoms with Crippen LogP contribution in [-0.4, -0.2) is 24.8 Å². The highest BCUT2D eigenvalue weighted by molar-refractivity contribution is 6.31. The van der Waals surface area contributed by atoms with E-state index in [9.17, 15) is 4.79 Å². The van der Waals surface area contributed by atoms with Crippen LogP contribution >= 0.6 is 11.6 Å². The summed E-state index contributed by atoms with van der Waals surface area (Å²) >= 11 is 6.47. The second kappa shape index (κ2) is 14.7. The van der Waals surface area contributed by atoms with Crippen LogP contribution in [-0.2, 0) is 17.6 Å². The Hall–Kier alpha value is -3.18. The van der Waals surface area contributed by atoms with Crippen LogP contribution < -0.4 is 16.0 Å². The van der Waals surface area contributed by atoms with Gasteiger partial charge in [-0.2, -0.15) is 0 Å². The third-order valence-electron chi connectivity index (χ3n) is 5.79. The third-order valence-corrected chi connectivity index (χ3v) is 6.19. The predicted molar refractivity (Wildman–Crippen MR) is 164 cm³/mol. The van der Waals surface area contributed by atoms with Crippen molar-refractivity contribution in [1.29, 1.82) is 0 Å². The largest absolute Gasteiger partial charge is 0.444 e. The highest BCUT2D eigenvalue weighted by Crippen LogP contribution is 2.38. The summed E-state index contributed by atoms with van der Waals surface area (Å²) in [6, 6.07) is 19.0. The van der Waals surface area contributed by atoms with Crippen molar-refractivity contribution in [3.8, 4) is 11.1 Å². The van der Waals surface area contributed by atoms with Gasteiger partial charge in [-0.25, -0.2) is 4.79 Å². The van der Waals surface area contributed by atoms with Crippen LogP contribution in [0.3, 0.4) is 0 Å². The van der Waals surface area contributed by atoms with Crippen LogP contribution in [0.15, 0.2) is 54.6 Å². The van der Waals surface area contributed by atoms with E-state index in [1.165, 1.54) is 11.1 Å². The molecule has 0 aromatic heterocycles. The number of rotatable bonds is 5. The van der Waals surface area contributed by atoms with Crippen molar-refractivity contribution in [3.05, 3.63) is 76.3 Å². The monoisotopic (exact) mass is 537 g/mol. The minimum Gasteiger partial charge on any atom is -0.444 e. The molecule has 3 aromatic rings. The summed E-state index contributed by atoms with van der Waals surface area (Å²) < 4.78 is 5.33. The van der Waals surface area contributed by atoms with E-state index in [4.69, 9.17) is 16.3 Å². The van der Waals surface area contributed by atoms with Crippen LogP contribution in [0.5, 0.6) is 0 Å². The summed E-state index contributed by atoms with van der Waals surface area (Å²) in [7, 11) is 0. The molecule has 0 aliphatic carbocycles. The van der Waals surface area contributed by atoms with Gasteiger partial charge in [0, 0.05) is 40.7 Å². The van der Waals surface area contributed by atoms with Crippen molar-refractivity contribution in [2.75, 3.05) is 23.7 Å². The molecule has 0 fully saturated rings. The number of carbonyl (C=O) groups is 1. The number of hydrogen-bond donors (Lipinski definition) is 3. The first kappa shape index (κ1) is 31.0. The zero-order valence-corrected chi connectivity index (χ0v) is 25.0. The summed E-state index contributed by atoms with van der Waals surface area (Å²) in [5.41, 5.74) is 8.47. The highest BCUT2D eigenvalue weighted by atomic mass is 35.5. The molecule has 1 aliphatic rings. The van der Waals surface area contributed by atoms with Crippen LogP contribution in [0.1, 0.15) is 65.2 Å². The first-order chi connectivity index (χ1) is 18.2. The lowest BCUT2D eigenvalue weighted by Gasteiger charge is -2.20. The number of halogens is 1. The normalized spacial score (nSPS) is 11.6.